The molecule has 1 fully saturated rings. The Hall–Kier alpha value is -0.470. The van der Waals surface area contributed by atoms with Gasteiger partial charge in [-0.3, -0.25) is 0 Å². The lowest BCUT2D eigenvalue weighted by molar-refractivity contribution is 0.516. The van der Waals surface area contributed by atoms with Crippen LogP contribution in [0, 0.1) is 0 Å². The molecule has 0 bridgehead atoms. The summed E-state index contributed by atoms with van der Waals surface area (Å²) in [4.78, 5) is 1.42. The van der Waals surface area contributed by atoms with E-state index in [0.717, 1.165) is 5.25 Å². The maximum atomic E-state index is 5.90. The number of nitrogens with two attached hydrogens (primary N) is 1. The monoisotopic (exact) mass is 277 g/mol. The van der Waals surface area contributed by atoms with Gasteiger partial charge >= 0.3 is 0 Å². The fraction of sp³-hybridized carbons (Fsp3) is 0.647. The van der Waals surface area contributed by atoms with Crippen LogP contribution in [0.5, 0.6) is 0 Å². The van der Waals surface area contributed by atoms with Crippen molar-refractivity contribution < 1.29 is 0 Å². The SMILES string of the molecule is CC(C)(C)c1ccc(CN)c(SC2CCCCC2)c1. The molecule has 1 aliphatic carbocycles. The van der Waals surface area contributed by atoms with Gasteiger partial charge in [-0.2, -0.15) is 0 Å². The van der Waals surface area contributed by atoms with Crippen molar-refractivity contribution in [3.05, 3.63) is 29.3 Å². The zero-order valence-corrected chi connectivity index (χ0v) is 13.4. The van der Waals surface area contributed by atoms with E-state index < -0.39 is 0 Å². The van der Waals surface area contributed by atoms with Gasteiger partial charge in [0.15, 0.2) is 0 Å². The standard InChI is InChI=1S/C17H27NS/c1-17(2,3)14-10-9-13(12-18)16(11-14)19-15-7-5-4-6-8-15/h9-11,15H,4-8,12,18H2,1-3H3. The predicted molar refractivity (Wildman–Crippen MR) is 85.8 cm³/mol. The molecule has 0 radical (unpaired) electrons. The van der Waals surface area contributed by atoms with Gasteiger partial charge in [-0.25, -0.2) is 0 Å². The first kappa shape index (κ1) is 14.9. The summed E-state index contributed by atoms with van der Waals surface area (Å²) in [6, 6.07) is 6.85. The second-order valence-electron chi connectivity index (χ2n) is 6.65. The second-order valence-corrected chi connectivity index (χ2v) is 8.00. The Morgan fingerprint density at radius 3 is 2.42 bits per heavy atom. The largest absolute Gasteiger partial charge is 0.326 e. The van der Waals surface area contributed by atoms with Crippen molar-refractivity contribution in [1.82, 2.24) is 0 Å². The van der Waals surface area contributed by atoms with Crippen molar-refractivity contribution in [3.63, 3.8) is 0 Å². The molecule has 2 heteroatoms. The lowest BCUT2D eigenvalue weighted by Gasteiger charge is -2.25. The molecule has 106 valence electrons. The van der Waals surface area contributed by atoms with Crippen LogP contribution in [-0.4, -0.2) is 5.25 Å². The highest BCUT2D eigenvalue weighted by atomic mass is 32.2. The molecule has 0 spiro atoms. The minimum absolute atomic E-state index is 0.217. The summed E-state index contributed by atoms with van der Waals surface area (Å²) in [5.74, 6) is 0. The number of rotatable bonds is 3. The third-order valence-corrected chi connectivity index (χ3v) is 5.44. The predicted octanol–water partition coefficient (Wildman–Crippen LogP) is 4.87. The van der Waals surface area contributed by atoms with Crippen LogP contribution in [0.2, 0.25) is 0 Å². The molecular weight excluding hydrogens is 250 g/mol. The van der Waals surface area contributed by atoms with E-state index in [1.165, 1.54) is 48.1 Å². The Morgan fingerprint density at radius 2 is 1.84 bits per heavy atom. The zero-order chi connectivity index (χ0) is 13.9. The molecule has 19 heavy (non-hydrogen) atoms. The lowest BCUT2D eigenvalue weighted by atomic mass is 9.86. The molecule has 2 N–H and O–H groups in total. The van der Waals surface area contributed by atoms with Gasteiger partial charge in [0.05, 0.1) is 0 Å². The van der Waals surface area contributed by atoms with Crippen molar-refractivity contribution in [2.24, 2.45) is 5.73 Å². The summed E-state index contributed by atoms with van der Waals surface area (Å²) < 4.78 is 0. The van der Waals surface area contributed by atoms with Gasteiger partial charge in [-0.15, -0.1) is 11.8 Å². The first-order valence-electron chi connectivity index (χ1n) is 7.51. The topological polar surface area (TPSA) is 26.0 Å². The molecule has 1 aromatic rings. The molecule has 0 saturated heterocycles. The Bertz CT molecular complexity index is 414. The van der Waals surface area contributed by atoms with E-state index in [2.05, 4.69) is 50.7 Å². The average Bonchev–Trinajstić information content (AvgIpc) is 2.39. The normalized spacial score (nSPS) is 17.7. The Labute approximate surface area is 122 Å². The van der Waals surface area contributed by atoms with E-state index >= 15 is 0 Å². The van der Waals surface area contributed by atoms with Crippen molar-refractivity contribution in [1.29, 1.82) is 0 Å². The molecule has 0 aromatic heterocycles. The Morgan fingerprint density at radius 1 is 1.16 bits per heavy atom. The van der Waals surface area contributed by atoms with E-state index in [-0.39, 0.29) is 5.41 Å². The van der Waals surface area contributed by atoms with Gasteiger partial charge in [0.25, 0.3) is 0 Å². The first-order chi connectivity index (χ1) is 9.00. The molecule has 0 amide bonds. The summed E-state index contributed by atoms with van der Waals surface area (Å²) in [5, 5.41) is 0.800. The smallest absolute Gasteiger partial charge is 0.0189 e. The second kappa shape index (κ2) is 6.32. The van der Waals surface area contributed by atoms with E-state index in [9.17, 15) is 0 Å². The Kier molecular flexibility index (Phi) is 4.97. The van der Waals surface area contributed by atoms with Crippen molar-refractivity contribution in [2.45, 2.75) is 75.0 Å². The van der Waals surface area contributed by atoms with E-state index in [1.54, 1.807) is 0 Å². The van der Waals surface area contributed by atoms with Gasteiger partial charge in [-0.1, -0.05) is 52.2 Å². The fourth-order valence-electron chi connectivity index (χ4n) is 2.66. The summed E-state index contributed by atoms with van der Waals surface area (Å²) >= 11 is 2.07. The van der Waals surface area contributed by atoms with Crippen LogP contribution in [0.4, 0.5) is 0 Å². The lowest BCUT2D eigenvalue weighted by Crippen LogP contribution is -2.13. The molecule has 0 atom stereocenters. The van der Waals surface area contributed by atoms with Crippen LogP contribution in [0.3, 0.4) is 0 Å². The molecule has 1 nitrogen and oxygen atoms in total. The molecule has 0 unspecified atom stereocenters. The van der Waals surface area contributed by atoms with Crippen LogP contribution in [0.15, 0.2) is 23.1 Å². The highest BCUT2D eigenvalue weighted by Gasteiger charge is 2.19. The molecule has 1 saturated carbocycles. The summed E-state index contributed by atoms with van der Waals surface area (Å²) in [6.07, 6.45) is 6.95. The number of hydrogen-bond donors (Lipinski definition) is 1. The van der Waals surface area contributed by atoms with Crippen LogP contribution in [0.1, 0.15) is 64.0 Å². The fourth-order valence-corrected chi connectivity index (χ4v) is 4.09. The molecule has 0 heterocycles. The van der Waals surface area contributed by atoms with Crippen molar-refractivity contribution in [2.75, 3.05) is 0 Å². The van der Waals surface area contributed by atoms with Gasteiger partial charge in [-0.05, 0) is 35.4 Å². The number of benzene rings is 1. The minimum Gasteiger partial charge on any atom is -0.326 e. The van der Waals surface area contributed by atoms with Crippen LogP contribution >= 0.6 is 11.8 Å². The van der Waals surface area contributed by atoms with Gasteiger partial charge in [0.2, 0.25) is 0 Å². The van der Waals surface area contributed by atoms with Crippen LogP contribution in [0.25, 0.3) is 0 Å². The summed E-state index contributed by atoms with van der Waals surface area (Å²) in [7, 11) is 0. The third kappa shape index (κ3) is 4.00. The van der Waals surface area contributed by atoms with Gasteiger partial charge in [0, 0.05) is 16.7 Å². The molecule has 1 aliphatic rings. The molecule has 1 aromatic carbocycles. The highest BCUT2D eigenvalue weighted by Crippen LogP contribution is 2.37. The van der Waals surface area contributed by atoms with Crippen molar-refractivity contribution in [3.8, 4) is 0 Å². The van der Waals surface area contributed by atoms with Gasteiger partial charge in [0.1, 0.15) is 0 Å². The quantitative estimate of drug-likeness (QED) is 0.853. The molecular formula is C17H27NS. The third-order valence-electron chi connectivity index (χ3n) is 4.00. The molecule has 2 rings (SSSR count). The first-order valence-corrected chi connectivity index (χ1v) is 8.39. The number of hydrogen-bond acceptors (Lipinski definition) is 2. The van der Waals surface area contributed by atoms with Crippen LogP contribution < -0.4 is 5.73 Å². The highest BCUT2D eigenvalue weighted by molar-refractivity contribution is 8.00. The molecule has 0 aliphatic heterocycles. The zero-order valence-electron chi connectivity index (χ0n) is 12.5. The van der Waals surface area contributed by atoms with Gasteiger partial charge < -0.3 is 5.73 Å². The summed E-state index contributed by atoms with van der Waals surface area (Å²) in [6.45, 7) is 7.48. The van der Waals surface area contributed by atoms with E-state index in [1.807, 2.05) is 0 Å². The maximum absolute atomic E-state index is 5.90. The van der Waals surface area contributed by atoms with Crippen molar-refractivity contribution >= 4 is 11.8 Å². The average molecular weight is 277 g/mol. The van der Waals surface area contributed by atoms with E-state index in [0.29, 0.717) is 6.54 Å². The minimum atomic E-state index is 0.217. The van der Waals surface area contributed by atoms with Crippen LogP contribution in [-0.2, 0) is 12.0 Å². The van der Waals surface area contributed by atoms with E-state index in [4.69, 9.17) is 5.73 Å². The summed E-state index contributed by atoms with van der Waals surface area (Å²) in [5.41, 5.74) is 8.85. The Balaban J connectivity index is 2.20. The maximum Gasteiger partial charge on any atom is 0.0189 e. The number of thioether (sulfide) groups is 1.